The molecule has 2 aromatic carbocycles. The number of carbonyl (C=O) groups is 1. The molecule has 1 saturated heterocycles. The van der Waals surface area contributed by atoms with Gasteiger partial charge in [0.2, 0.25) is 5.91 Å². The van der Waals surface area contributed by atoms with E-state index in [1.54, 1.807) is 4.90 Å². The van der Waals surface area contributed by atoms with E-state index >= 15 is 0 Å². The molecule has 0 radical (unpaired) electrons. The number of fused-ring (bicyclic) bond motifs is 1. The highest BCUT2D eigenvalue weighted by molar-refractivity contribution is 7.91. The van der Waals surface area contributed by atoms with E-state index in [1.165, 1.54) is 12.1 Å². The van der Waals surface area contributed by atoms with Gasteiger partial charge in [0.15, 0.2) is 9.84 Å². The van der Waals surface area contributed by atoms with Gasteiger partial charge in [-0.25, -0.2) is 12.8 Å². The number of halogens is 1. The number of aromatic nitrogens is 1. The van der Waals surface area contributed by atoms with E-state index in [0.717, 1.165) is 41.4 Å². The van der Waals surface area contributed by atoms with Crippen molar-refractivity contribution in [1.82, 2.24) is 9.88 Å². The molecule has 1 aromatic heterocycles. The Morgan fingerprint density at radius 3 is 2.60 bits per heavy atom. The van der Waals surface area contributed by atoms with Crippen molar-refractivity contribution in [3.8, 4) is 0 Å². The van der Waals surface area contributed by atoms with E-state index < -0.39 is 15.7 Å². The first-order valence-corrected chi connectivity index (χ1v) is 11.7. The van der Waals surface area contributed by atoms with Crippen LogP contribution in [0.5, 0.6) is 0 Å². The average Bonchev–Trinajstić information content (AvgIpc) is 2.77. The van der Waals surface area contributed by atoms with E-state index in [-0.39, 0.29) is 28.9 Å². The number of nitrogens with zero attached hydrogens (tertiary/aromatic N) is 2. The Labute approximate surface area is 175 Å². The molecule has 3 aromatic rings. The summed E-state index contributed by atoms with van der Waals surface area (Å²) in [5.41, 5.74) is 0.963. The maximum atomic E-state index is 13.0. The topological polar surface area (TPSA) is 67.3 Å². The second-order valence-corrected chi connectivity index (χ2v) is 9.77. The zero-order valence-corrected chi connectivity index (χ0v) is 17.3. The molecule has 5 nitrogen and oxygen atoms in total. The van der Waals surface area contributed by atoms with Crippen molar-refractivity contribution in [3.05, 3.63) is 72.3 Å². The summed E-state index contributed by atoms with van der Waals surface area (Å²) in [5, 5.41) is 2.20. The van der Waals surface area contributed by atoms with Crippen molar-refractivity contribution < 1.29 is 17.6 Å². The van der Waals surface area contributed by atoms with E-state index in [4.69, 9.17) is 0 Å². The van der Waals surface area contributed by atoms with Crippen molar-refractivity contribution in [1.29, 1.82) is 0 Å². The number of rotatable bonds is 5. The van der Waals surface area contributed by atoms with Gasteiger partial charge >= 0.3 is 0 Å². The summed E-state index contributed by atoms with van der Waals surface area (Å²) in [4.78, 5) is 19.1. The Hall–Kier alpha value is -2.80. The average molecular weight is 427 g/mol. The van der Waals surface area contributed by atoms with Crippen molar-refractivity contribution in [2.75, 3.05) is 18.8 Å². The molecule has 7 heteroatoms. The van der Waals surface area contributed by atoms with Gasteiger partial charge in [0.05, 0.1) is 10.6 Å². The first-order chi connectivity index (χ1) is 14.4. The van der Waals surface area contributed by atoms with Gasteiger partial charge in [-0.05, 0) is 48.6 Å². The molecule has 1 unspecified atom stereocenters. The Morgan fingerprint density at radius 2 is 1.83 bits per heavy atom. The molecule has 1 atom stereocenters. The monoisotopic (exact) mass is 426 g/mol. The van der Waals surface area contributed by atoms with Crippen LogP contribution in [0.4, 0.5) is 4.39 Å². The maximum absolute atomic E-state index is 13.0. The number of likely N-dealkylation sites (tertiary alicyclic amines) is 1. The predicted molar refractivity (Wildman–Crippen MR) is 113 cm³/mol. The lowest BCUT2D eigenvalue weighted by Crippen LogP contribution is -2.39. The van der Waals surface area contributed by atoms with Crippen molar-refractivity contribution in [2.24, 2.45) is 0 Å². The van der Waals surface area contributed by atoms with Gasteiger partial charge in [0.25, 0.3) is 0 Å². The molecule has 0 aliphatic carbocycles. The fourth-order valence-electron chi connectivity index (χ4n) is 3.91. The van der Waals surface area contributed by atoms with Crippen LogP contribution in [-0.4, -0.2) is 43.1 Å². The fourth-order valence-corrected chi connectivity index (χ4v) is 5.14. The normalized spacial score (nSPS) is 17.2. The van der Waals surface area contributed by atoms with Crippen molar-refractivity contribution >= 4 is 26.5 Å². The van der Waals surface area contributed by atoms with Gasteiger partial charge < -0.3 is 4.90 Å². The molecule has 1 aliphatic rings. The molecular weight excluding hydrogens is 403 g/mol. The van der Waals surface area contributed by atoms with Gasteiger partial charge in [-0.3, -0.25) is 9.78 Å². The van der Waals surface area contributed by atoms with Crippen LogP contribution in [0.2, 0.25) is 0 Å². The Morgan fingerprint density at radius 1 is 1.10 bits per heavy atom. The minimum absolute atomic E-state index is 0.0357. The Kier molecular flexibility index (Phi) is 5.81. The second-order valence-electron chi connectivity index (χ2n) is 7.66. The van der Waals surface area contributed by atoms with E-state index in [2.05, 4.69) is 11.1 Å². The quantitative estimate of drug-likeness (QED) is 0.580. The number of hydrogen-bond acceptors (Lipinski definition) is 4. The molecule has 156 valence electrons. The van der Waals surface area contributed by atoms with Crippen molar-refractivity contribution in [2.45, 2.75) is 30.1 Å². The lowest BCUT2D eigenvalue weighted by molar-refractivity contribution is -0.132. The lowest BCUT2D eigenvalue weighted by Gasteiger charge is -2.32. The molecule has 0 saturated carbocycles. The number of sulfone groups is 1. The minimum Gasteiger partial charge on any atom is -0.342 e. The van der Waals surface area contributed by atoms with Crippen LogP contribution in [0, 0.1) is 5.82 Å². The zero-order chi connectivity index (χ0) is 21.1. The highest BCUT2D eigenvalue weighted by Gasteiger charge is 2.27. The standard InChI is InChI=1S/C23H23FN2O3S/c24-20-7-9-21(10-8-20)30(28,29)13-11-23(27)26-12-3-6-19(16-26)22-14-17-4-1-2-5-18(17)15-25-22/h1-2,4-5,7-10,14-15,19H,3,6,11-13,16H2. The van der Waals surface area contributed by atoms with Crippen LogP contribution in [0.25, 0.3) is 10.8 Å². The Balaban J connectivity index is 1.41. The van der Waals surface area contributed by atoms with Crippen LogP contribution in [0.1, 0.15) is 30.9 Å². The third-order valence-electron chi connectivity index (χ3n) is 5.60. The first-order valence-electron chi connectivity index (χ1n) is 10.0. The van der Waals surface area contributed by atoms with E-state index in [1.807, 2.05) is 30.5 Å². The largest absolute Gasteiger partial charge is 0.342 e. The second kappa shape index (κ2) is 8.52. The summed E-state index contributed by atoms with van der Waals surface area (Å²) in [6.45, 7) is 1.17. The summed E-state index contributed by atoms with van der Waals surface area (Å²) in [7, 11) is -3.63. The van der Waals surface area contributed by atoms with Gasteiger partial charge in [-0.1, -0.05) is 24.3 Å². The summed E-state index contributed by atoms with van der Waals surface area (Å²) >= 11 is 0. The molecule has 0 spiro atoms. The van der Waals surface area contributed by atoms with Crippen molar-refractivity contribution in [3.63, 3.8) is 0 Å². The highest BCUT2D eigenvalue weighted by atomic mass is 32.2. The molecule has 2 heterocycles. The number of pyridine rings is 1. The predicted octanol–water partition coefficient (Wildman–Crippen LogP) is 3.94. The molecular formula is C23H23FN2O3S. The van der Waals surface area contributed by atoms with Gasteiger partial charge in [-0.15, -0.1) is 0 Å². The smallest absolute Gasteiger partial charge is 0.223 e. The molecule has 0 N–H and O–H groups in total. The van der Waals surface area contributed by atoms with Gasteiger partial charge in [0.1, 0.15) is 5.82 Å². The molecule has 1 fully saturated rings. The summed E-state index contributed by atoms with van der Waals surface area (Å²) in [6.07, 6.45) is 3.58. The number of carbonyl (C=O) groups excluding carboxylic acids is 1. The van der Waals surface area contributed by atoms with E-state index in [9.17, 15) is 17.6 Å². The highest BCUT2D eigenvalue weighted by Crippen LogP contribution is 2.28. The summed E-state index contributed by atoms with van der Waals surface area (Å²) in [5.74, 6) is -0.814. The molecule has 1 aliphatic heterocycles. The number of amides is 1. The van der Waals surface area contributed by atoms with Crippen LogP contribution in [0.3, 0.4) is 0 Å². The van der Waals surface area contributed by atoms with Crippen LogP contribution in [-0.2, 0) is 14.6 Å². The van der Waals surface area contributed by atoms with Gasteiger partial charge in [0, 0.05) is 42.7 Å². The number of piperidine rings is 1. The SMILES string of the molecule is O=C(CCS(=O)(=O)c1ccc(F)cc1)N1CCCC(c2cc3ccccc3cn2)C1. The van der Waals surface area contributed by atoms with Crippen LogP contribution in [0.15, 0.2) is 65.7 Å². The molecule has 1 amide bonds. The number of hydrogen-bond donors (Lipinski definition) is 0. The Bertz CT molecular complexity index is 1160. The molecule has 30 heavy (non-hydrogen) atoms. The fraction of sp³-hybridized carbons (Fsp3) is 0.304. The third kappa shape index (κ3) is 4.51. The minimum atomic E-state index is -3.63. The summed E-state index contributed by atoms with van der Waals surface area (Å²) in [6, 6.07) is 14.8. The number of benzene rings is 2. The van der Waals surface area contributed by atoms with Crippen LogP contribution < -0.4 is 0 Å². The molecule has 4 rings (SSSR count). The molecule has 0 bridgehead atoms. The van der Waals surface area contributed by atoms with Gasteiger partial charge in [-0.2, -0.15) is 0 Å². The van der Waals surface area contributed by atoms with E-state index in [0.29, 0.717) is 13.1 Å². The van der Waals surface area contributed by atoms with Crippen LogP contribution >= 0.6 is 0 Å². The third-order valence-corrected chi connectivity index (χ3v) is 7.33. The first kappa shape index (κ1) is 20.5. The lowest BCUT2D eigenvalue weighted by atomic mass is 9.93. The zero-order valence-electron chi connectivity index (χ0n) is 16.5. The summed E-state index contributed by atoms with van der Waals surface area (Å²) < 4.78 is 37.9. The maximum Gasteiger partial charge on any atom is 0.223 e.